The van der Waals surface area contributed by atoms with E-state index in [0.29, 0.717) is 18.1 Å². The summed E-state index contributed by atoms with van der Waals surface area (Å²) in [6, 6.07) is 17.2. The van der Waals surface area contributed by atoms with Crippen molar-refractivity contribution in [2.75, 3.05) is 24.7 Å². The van der Waals surface area contributed by atoms with Crippen LogP contribution in [0.15, 0.2) is 58.5 Å². The van der Waals surface area contributed by atoms with Gasteiger partial charge < -0.3 is 9.84 Å². The van der Waals surface area contributed by atoms with Crippen molar-refractivity contribution in [3.05, 3.63) is 59.7 Å². The van der Waals surface area contributed by atoms with Crippen molar-refractivity contribution < 1.29 is 19.4 Å². The Morgan fingerprint density at radius 1 is 1.27 bits per heavy atom. The van der Waals surface area contributed by atoms with Gasteiger partial charge in [-0.2, -0.15) is 10.3 Å². The van der Waals surface area contributed by atoms with Crippen LogP contribution in [0.4, 0.5) is 5.69 Å². The summed E-state index contributed by atoms with van der Waals surface area (Å²) in [5, 5.41) is 24.3. The fourth-order valence-corrected chi connectivity index (χ4v) is 4.11. The zero-order valence-electron chi connectivity index (χ0n) is 18.8. The molecule has 8 nitrogen and oxygen atoms in total. The molecule has 0 spiro atoms. The Hall–Kier alpha value is -3.35. The lowest BCUT2D eigenvalue weighted by molar-refractivity contribution is -0.138. The molecule has 2 aromatic carbocycles. The second kappa shape index (κ2) is 10.5. The predicted octanol–water partition coefficient (Wildman–Crippen LogP) is 3.65. The number of carbonyl (C=O) groups excluding carboxylic acids is 1. The molecule has 0 unspecified atom stereocenters. The van der Waals surface area contributed by atoms with Gasteiger partial charge in [-0.15, -0.1) is 16.9 Å². The van der Waals surface area contributed by atoms with Gasteiger partial charge in [-0.05, 0) is 56.2 Å². The normalized spacial score (nSPS) is 14.0. The Bertz CT molecular complexity index is 1090. The molecule has 0 radical (unpaired) electrons. The molecule has 33 heavy (non-hydrogen) atoms. The first-order valence-electron chi connectivity index (χ1n) is 10.4. The Balaban J connectivity index is 1.70. The molecule has 1 N–H and O–H groups in total. The number of anilines is 1. The summed E-state index contributed by atoms with van der Waals surface area (Å²) in [5.74, 6) is -0.765. The van der Waals surface area contributed by atoms with Crippen LogP contribution in [0, 0.1) is 18.3 Å². The van der Waals surface area contributed by atoms with Crippen molar-refractivity contribution >= 4 is 35.2 Å². The van der Waals surface area contributed by atoms with Crippen LogP contribution in [-0.2, 0) is 20.9 Å². The maximum Gasteiger partial charge on any atom is 0.319 e. The minimum absolute atomic E-state index is 0.113. The van der Waals surface area contributed by atoms with Gasteiger partial charge in [0, 0.05) is 11.4 Å². The van der Waals surface area contributed by atoms with E-state index in [2.05, 4.69) is 11.2 Å². The molecular weight excluding hydrogens is 440 g/mol. The molecule has 0 saturated carbocycles. The van der Waals surface area contributed by atoms with E-state index >= 15 is 0 Å². The third-order valence-electron chi connectivity index (χ3n) is 4.93. The largest absolute Gasteiger partial charge is 0.480 e. The Kier molecular flexibility index (Phi) is 7.74. The van der Waals surface area contributed by atoms with Gasteiger partial charge in [0.15, 0.2) is 6.61 Å². The molecule has 1 heterocycles. The van der Waals surface area contributed by atoms with Crippen LogP contribution in [0.25, 0.3) is 0 Å². The molecule has 0 fully saturated rings. The summed E-state index contributed by atoms with van der Waals surface area (Å²) in [6.45, 7) is 6.06. The molecule has 3 rings (SSSR count). The summed E-state index contributed by atoms with van der Waals surface area (Å²) in [6.07, 6.45) is 0. The van der Waals surface area contributed by atoms with E-state index in [1.807, 2.05) is 60.4 Å². The molecule has 0 atom stereocenters. The van der Waals surface area contributed by atoms with Gasteiger partial charge in [-0.1, -0.05) is 24.3 Å². The lowest BCUT2D eigenvalue weighted by Crippen LogP contribution is -2.41. The number of hydrogen-bond acceptors (Lipinski definition) is 7. The summed E-state index contributed by atoms with van der Waals surface area (Å²) < 4.78 is 4.61. The topological polar surface area (TPSA) is 106 Å². The second-order valence-corrected chi connectivity index (χ2v) is 9.89. The summed E-state index contributed by atoms with van der Waals surface area (Å²) in [5.41, 5.74) is 2.65. The molecular formula is C24H26N4O4S. The van der Waals surface area contributed by atoms with Crippen LogP contribution in [0.2, 0.25) is 0 Å². The number of amides is 1. The van der Waals surface area contributed by atoms with Crippen LogP contribution < -0.4 is 5.01 Å². The number of aryl methyl sites for hydroxylation is 1. The standard InChI is InChI=1S/C24H26N4O4S/c1-17-5-4-6-19(13-17)28-22(29)16-32-21(26-28)15-27(12-11-25)14-18-7-9-20(10-8-18)33-24(2,3)23(30)31/h4-10,13H,12,14-16H2,1-3H3,(H,30,31). The molecule has 1 amide bonds. The fraction of sp³-hybridized carbons (Fsp3) is 0.333. The maximum atomic E-state index is 12.3. The van der Waals surface area contributed by atoms with Crippen molar-refractivity contribution in [1.82, 2.24) is 4.90 Å². The van der Waals surface area contributed by atoms with Crippen molar-refractivity contribution in [3.8, 4) is 6.07 Å². The fourth-order valence-electron chi connectivity index (χ4n) is 3.16. The number of carbonyl (C=O) groups is 2. The lowest BCUT2D eigenvalue weighted by Gasteiger charge is -2.27. The van der Waals surface area contributed by atoms with Crippen molar-refractivity contribution in [1.29, 1.82) is 5.26 Å². The van der Waals surface area contributed by atoms with Crippen molar-refractivity contribution in [2.24, 2.45) is 5.10 Å². The van der Waals surface area contributed by atoms with Crippen molar-refractivity contribution in [2.45, 2.75) is 37.0 Å². The molecule has 1 aliphatic rings. The number of hydrogen-bond donors (Lipinski definition) is 1. The number of aliphatic carboxylic acids is 1. The molecule has 0 saturated heterocycles. The van der Waals surface area contributed by atoms with Crippen LogP contribution in [0.5, 0.6) is 0 Å². The van der Waals surface area contributed by atoms with E-state index in [9.17, 15) is 20.0 Å². The zero-order valence-corrected chi connectivity index (χ0v) is 19.6. The molecule has 0 aliphatic carbocycles. The number of carboxylic acids is 1. The maximum absolute atomic E-state index is 12.3. The minimum Gasteiger partial charge on any atom is -0.480 e. The number of ether oxygens (including phenoxy) is 1. The van der Waals surface area contributed by atoms with Crippen LogP contribution in [-0.4, -0.2) is 52.2 Å². The van der Waals surface area contributed by atoms with Gasteiger partial charge in [0.25, 0.3) is 5.91 Å². The van der Waals surface area contributed by atoms with Crippen molar-refractivity contribution in [3.63, 3.8) is 0 Å². The first-order chi connectivity index (χ1) is 15.7. The molecule has 0 bridgehead atoms. The number of thioether (sulfide) groups is 1. The van der Waals surface area contributed by atoms with Crippen LogP contribution in [0.1, 0.15) is 25.0 Å². The van der Waals surface area contributed by atoms with E-state index in [4.69, 9.17) is 4.74 Å². The summed E-state index contributed by atoms with van der Waals surface area (Å²) >= 11 is 1.28. The van der Waals surface area contributed by atoms with E-state index in [0.717, 1.165) is 16.0 Å². The average Bonchev–Trinajstić information content (AvgIpc) is 2.76. The van der Waals surface area contributed by atoms with Crippen LogP contribution >= 0.6 is 11.8 Å². The van der Waals surface area contributed by atoms with E-state index in [1.54, 1.807) is 13.8 Å². The molecule has 9 heteroatoms. The molecule has 1 aliphatic heterocycles. The highest BCUT2D eigenvalue weighted by molar-refractivity contribution is 8.01. The first kappa shape index (κ1) is 24.3. The number of nitriles is 1. The molecule has 2 aromatic rings. The van der Waals surface area contributed by atoms with Gasteiger partial charge >= 0.3 is 5.97 Å². The quantitative estimate of drug-likeness (QED) is 0.444. The van der Waals surface area contributed by atoms with E-state index in [-0.39, 0.29) is 25.6 Å². The van der Waals surface area contributed by atoms with E-state index in [1.165, 1.54) is 16.8 Å². The zero-order chi connectivity index (χ0) is 24.0. The summed E-state index contributed by atoms with van der Waals surface area (Å²) in [7, 11) is 0. The third-order valence-corrected chi connectivity index (χ3v) is 6.12. The molecule has 172 valence electrons. The first-order valence-corrected chi connectivity index (χ1v) is 11.2. The highest BCUT2D eigenvalue weighted by Crippen LogP contribution is 2.32. The van der Waals surface area contributed by atoms with E-state index < -0.39 is 10.7 Å². The number of benzene rings is 2. The second-order valence-electron chi connectivity index (χ2n) is 8.19. The smallest absolute Gasteiger partial charge is 0.319 e. The Morgan fingerprint density at radius 2 is 2.00 bits per heavy atom. The van der Waals surface area contributed by atoms with Crippen LogP contribution in [0.3, 0.4) is 0 Å². The predicted molar refractivity (Wildman–Crippen MR) is 127 cm³/mol. The number of hydrazone groups is 1. The number of carboxylic acid groups (broad SMARTS) is 1. The SMILES string of the molecule is Cc1cccc(N2N=C(CN(CC#N)Cc3ccc(SC(C)(C)C(=O)O)cc3)OCC2=O)c1. The minimum atomic E-state index is -0.925. The summed E-state index contributed by atoms with van der Waals surface area (Å²) in [4.78, 5) is 26.4. The molecule has 0 aromatic heterocycles. The number of nitrogens with zero attached hydrogens (tertiary/aromatic N) is 4. The average molecular weight is 467 g/mol. The van der Waals surface area contributed by atoms with Gasteiger partial charge in [-0.25, -0.2) is 0 Å². The van der Waals surface area contributed by atoms with Gasteiger partial charge in [0.1, 0.15) is 4.75 Å². The third kappa shape index (κ3) is 6.57. The Labute approximate surface area is 197 Å². The van der Waals surface area contributed by atoms with Gasteiger partial charge in [0.05, 0.1) is 24.8 Å². The highest BCUT2D eigenvalue weighted by Gasteiger charge is 2.28. The lowest BCUT2D eigenvalue weighted by atomic mass is 10.2. The van der Waals surface area contributed by atoms with Gasteiger partial charge in [-0.3, -0.25) is 14.5 Å². The Morgan fingerprint density at radius 3 is 2.64 bits per heavy atom. The monoisotopic (exact) mass is 466 g/mol. The number of rotatable bonds is 9. The highest BCUT2D eigenvalue weighted by atomic mass is 32.2. The van der Waals surface area contributed by atoms with Gasteiger partial charge in [0.2, 0.25) is 5.90 Å².